The van der Waals surface area contributed by atoms with Gasteiger partial charge in [-0.3, -0.25) is 4.79 Å². The van der Waals surface area contributed by atoms with Crippen LogP contribution in [0.1, 0.15) is 75.5 Å². The van der Waals surface area contributed by atoms with Gasteiger partial charge in [0, 0.05) is 11.3 Å². The number of carbonyl (C=O) groups excluding carboxylic acids is 1. The Labute approximate surface area is 182 Å². The van der Waals surface area contributed by atoms with E-state index in [1.54, 1.807) is 21.3 Å². The predicted molar refractivity (Wildman–Crippen MR) is 126 cm³/mol. The van der Waals surface area contributed by atoms with Gasteiger partial charge in [-0.25, -0.2) is 0 Å². The highest BCUT2D eigenvalue weighted by Gasteiger charge is 2.35. The zero-order chi connectivity index (χ0) is 22.9. The summed E-state index contributed by atoms with van der Waals surface area (Å²) >= 11 is 0. The van der Waals surface area contributed by atoms with Crippen molar-refractivity contribution in [2.75, 3.05) is 5.32 Å². The van der Waals surface area contributed by atoms with Crippen LogP contribution in [0, 0.1) is 13.8 Å². The maximum atomic E-state index is 12.9. The first-order valence-electron chi connectivity index (χ1n) is 10.4. The largest absolute Gasteiger partial charge is 0.427 e. The molecule has 5 heteroatoms. The van der Waals surface area contributed by atoms with Crippen molar-refractivity contribution in [3.8, 4) is 0 Å². The van der Waals surface area contributed by atoms with Crippen LogP contribution in [0.15, 0.2) is 36.4 Å². The molecule has 0 unspecified atom stereocenters. The second-order valence-electron chi connectivity index (χ2n) is 10.1. The van der Waals surface area contributed by atoms with E-state index >= 15 is 0 Å². The summed E-state index contributed by atoms with van der Waals surface area (Å²) in [7, 11) is 1.65. The Hall–Kier alpha value is -2.11. The maximum absolute atomic E-state index is 12.9. The molecular formula is C25H35BNO3. The topological polar surface area (TPSA) is 58.6 Å². The van der Waals surface area contributed by atoms with Crippen molar-refractivity contribution in [2.24, 2.45) is 0 Å². The molecule has 1 radical (unpaired) electrons. The molecule has 2 aromatic rings. The summed E-state index contributed by atoms with van der Waals surface area (Å²) in [6.07, 6.45) is 0. The molecule has 0 atom stereocenters. The van der Waals surface area contributed by atoms with Gasteiger partial charge in [0.25, 0.3) is 5.91 Å². The molecule has 0 saturated heterocycles. The fraction of sp³-hybridized carbons (Fsp3) is 0.480. The van der Waals surface area contributed by atoms with Crippen LogP contribution >= 0.6 is 0 Å². The monoisotopic (exact) mass is 408 g/mol. The fourth-order valence-corrected chi connectivity index (χ4v) is 2.85. The molecule has 0 fully saturated rings. The van der Waals surface area contributed by atoms with Gasteiger partial charge in [-0.1, -0.05) is 45.0 Å². The Morgan fingerprint density at radius 3 is 2.17 bits per heavy atom. The van der Waals surface area contributed by atoms with Crippen LogP contribution in [0.3, 0.4) is 0 Å². The van der Waals surface area contributed by atoms with Gasteiger partial charge in [0.2, 0.25) is 0 Å². The molecular weight excluding hydrogens is 373 g/mol. The van der Waals surface area contributed by atoms with Crippen LogP contribution in [-0.2, 0) is 10.1 Å². The van der Waals surface area contributed by atoms with Crippen molar-refractivity contribution in [3.05, 3.63) is 58.7 Å². The minimum Gasteiger partial charge on any atom is -0.427 e. The molecule has 161 valence electrons. The van der Waals surface area contributed by atoms with Gasteiger partial charge in [-0.05, 0) is 81.2 Å². The molecule has 2 N–H and O–H groups in total. The molecule has 0 aliphatic rings. The summed E-state index contributed by atoms with van der Waals surface area (Å²) in [6.45, 7) is 17.5. The van der Waals surface area contributed by atoms with Crippen molar-refractivity contribution in [1.29, 1.82) is 0 Å². The summed E-state index contributed by atoms with van der Waals surface area (Å²) in [5.74, 6) is -0.133. The van der Waals surface area contributed by atoms with Crippen LogP contribution in [-0.4, -0.2) is 29.7 Å². The number of benzene rings is 2. The lowest BCUT2D eigenvalue weighted by Gasteiger charge is -2.37. The van der Waals surface area contributed by atoms with Crippen molar-refractivity contribution in [3.63, 3.8) is 0 Å². The zero-order valence-electron chi connectivity index (χ0n) is 19.8. The normalized spacial score (nSPS) is 12.6. The summed E-state index contributed by atoms with van der Waals surface area (Å²) < 4.78 is 5.88. The molecule has 0 aromatic heterocycles. The van der Waals surface area contributed by atoms with Crippen molar-refractivity contribution >= 4 is 24.5 Å². The molecule has 0 saturated carbocycles. The number of rotatable bonds is 6. The number of carbonyl (C=O) groups is 1. The van der Waals surface area contributed by atoms with Crippen molar-refractivity contribution in [1.82, 2.24) is 0 Å². The molecule has 2 rings (SSSR count). The number of aryl methyl sites for hydroxylation is 1. The Bertz CT molecular complexity index is 921. The first kappa shape index (κ1) is 24.2. The minimum absolute atomic E-state index is 0.0391. The standard InChI is InChI=1S/C25H35BNO3/c1-16-15-18(23(3,4)5)13-14-19(16)22(28)27-21-12-10-11-20(17(21)2)26-30-25(8,9)24(6,7)29/h10-15,29H,1-9H3,(H,27,28). The smallest absolute Gasteiger partial charge is 0.331 e. The van der Waals surface area contributed by atoms with Gasteiger partial charge >= 0.3 is 7.48 Å². The Morgan fingerprint density at radius 1 is 1.00 bits per heavy atom. The third-order valence-electron chi connectivity index (χ3n) is 5.91. The van der Waals surface area contributed by atoms with Gasteiger partial charge in [0.15, 0.2) is 0 Å². The van der Waals surface area contributed by atoms with E-state index in [0.717, 1.165) is 22.3 Å². The Balaban J connectivity index is 2.20. The minimum atomic E-state index is -1.00. The quantitative estimate of drug-likeness (QED) is 0.684. The predicted octanol–water partition coefficient (Wildman–Crippen LogP) is 4.66. The lowest BCUT2D eigenvalue weighted by atomic mass is 9.80. The van der Waals surface area contributed by atoms with Crippen LogP contribution in [0.2, 0.25) is 0 Å². The average molecular weight is 408 g/mol. The van der Waals surface area contributed by atoms with E-state index in [0.29, 0.717) is 5.56 Å². The van der Waals surface area contributed by atoms with E-state index in [-0.39, 0.29) is 11.3 Å². The van der Waals surface area contributed by atoms with Gasteiger partial charge < -0.3 is 15.1 Å². The van der Waals surface area contributed by atoms with Crippen molar-refractivity contribution < 1.29 is 14.6 Å². The Kier molecular flexibility index (Phi) is 6.90. The van der Waals surface area contributed by atoms with E-state index in [2.05, 4.69) is 32.2 Å². The van der Waals surface area contributed by atoms with E-state index < -0.39 is 11.2 Å². The first-order chi connectivity index (χ1) is 13.6. The highest BCUT2D eigenvalue weighted by Crippen LogP contribution is 2.26. The van der Waals surface area contributed by atoms with Gasteiger partial charge in [-0.15, -0.1) is 0 Å². The van der Waals surface area contributed by atoms with Gasteiger partial charge in [0.1, 0.15) is 0 Å². The van der Waals surface area contributed by atoms with Crippen molar-refractivity contribution in [2.45, 2.75) is 78.9 Å². The number of nitrogens with one attached hydrogen (secondary N) is 1. The number of hydrogen-bond donors (Lipinski definition) is 2. The van der Waals surface area contributed by atoms with E-state index in [1.807, 2.05) is 58.0 Å². The molecule has 30 heavy (non-hydrogen) atoms. The Morgan fingerprint density at radius 2 is 1.63 bits per heavy atom. The molecule has 0 heterocycles. The van der Waals surface area contributed by atoms with Crippen LogP contribution in [0.4, 0.5) is 5.69 Å². The summed E-state index contributed by atoms with van der Waals surface area (Å²) in [4.78, 5) is 12.9. The highest BCUT2D eigenvalue weighted by molar-refractivity contribution is 6.48. The maximum Gasteiger partial charge on any atom is 0.331 e. The lowest BCUT2D eigenvalue weighted by Crippen LogP contribution is -2.49. The number of amides is 1. The second-order valence-corrected chi connectivity index (χ2v) is 10.1. The number of anilines is 1. The SMILES string of the molecule is Cc1cc(C(C)(C)C)ccc1C(=O)Nc1cccc([B]OC(C)(C)C(C)(C)O)c1C. The van der Waals surface area contributed by atoms with Gasteiger partial charge in [-0.2, -0.15) is 0 Å². The molecule has 4 nitrogen and oxygen atoms in total. The molecule has 0 bridgehead atoms. The summed E-state index contributed by atoms with van der Waals surface area (Å²) in [5, 5.41) is 13.3. The fourth-order valence-electron chi connectivity index (χ4n) is 2.85. The number of hydrogen-bond acceptors (Lipinski definition) is 3. The molecule has 1 amide bonds. The van der Waals surface area contributed by atoms with E-state index in [1.165, 1.54) is 5.56 Å². The third kappa shape index (κ3) is 5.53. The summed E-state index contributed by atoms with van der Waals surface area (Å²) in [6, 6.07) is 11.7. The number of aliphatic hydroxyl groups is 1. The van der Waals surface area contributed by atoms with Crippen LogP contribution in [0.5, 0.6) is 0 Å². The average Bonchev–Trinajstić information content (AvgIpc) is 2.60. The van der Waals surface area contributed by atoms with Gasteiger partial charge in [0.05, 0.1) is 11.2 Å². The molecule has 0 aliphatic heterocycles. The lowest BCUT2D eigenvalue weighted by molar-refractivity contribution is -0.0893. The summed E-state index contributed by atoms with van der Waals surface area (Å²) in [5.41, 5.74) is 3.59. The van der Waals surface area contributed by atoms with E-state index in [9.17, 15) is 9.90 Å². The first-order valence-corrected chi connectivity index (χ1v) is 10.4. The highest BCUT2D eigenvalue weighted by atomic mass is 16.5. The molecule has 0 aliphatic carbocycles. The second kappa shape index (κ2) is 8.56. The van der Waals surface area contributed by atoms with E-state index in [4.69, 9.17) is 4.65 Å². The third-order valence-corrected chi connectivity index (χ3v) is 5.91. The van der Waals surface area contributed by atoms with Crippen LogP contribution in [0.25, 0.3) is 0 Å². The van der Waals surface area contributed by atoms with Crippen LogP contribution < -0.4 is 10.8 Å². The zero-order valence-corrected chi connectivity index (χ0v) is 19.8. The molecule has 2 aromatic carbocycles. The molecule has 0 spiro atoms.